The predicted octanol–water partition coefficient (Wildman–Crippen LogP) is 1.57. The molecule has 0 bridgehead atoms. The van der Waals surface area contributed by atoms with Gasteiger partial charge in [0.15, 0.2) is 5.65 Å². The number of nitrogens with two attached hydrogens (primary N) is 1. The lowest BCUT2D eigenvalue weighted by molar-refractivity contribution is 0.506. The molecule has 1 saturated heterocycles. The molecule has 132 valence electrons. The molecule has 3 heterocycles. The Labute approximate surface area is 150 Å². The Morgan fingerprint density at radius 2 is 2.19 bits per heavy atom. The smallest absolute Gasteiger partial charge is 0.328 e. The van der Waals surface area contributed by atoms with Crippen LogP contribution in [0.3, 0.4) is 0 Å². The van der Waals surface area contributed by atoms with E-state index in [0.717, 1.165) is 42.7 Å². The summed E-state index contributed by atoms with van der Waals surface area (Å²) in [4.78, 5) is 22.0. The zero-order valence-electron chi connectivity index (χ0n) is 14.4. The maximum absolute atomic E-state index is 12.6. The maximum Gasteiger partial charge on any atom is 0.328 e. The largest absolute Gasteiger partial charge is 0.368 e. The first kappa shape index (κ1) is 16.4. The molecule has 0 unspecified atom stereocenters. The Morgan fingerprint density at radius 3 is 3.00 bits per heavy atom. The number of hydrogen-bond acceptors (Lipinski definition) is 5. The number of nitriles is 1. The van der Waals surface area contributed by atoms with E-state index >= 15 is 0 Å². The number of hydrogen-bond donors (Lipinski definition) is 2. The van der Waals surface area contributed by atoms with Crippen LogP contribution < -0.4 is 16.3 Å². The molecule has 0 saturated carbocycles. The number of piperidine rings is 1. The minimum atomic E-state index is -0.228. The van der Waals surface area contributed by atoms with Crippen LogP contribution in [0, 0.1) is 11.3 Å². The van der Waals surface area contributed by atoms with Gasteiger partial charge in [0.2, 0.25) is 0 Å². The predicted molar refractivity (Wildman–Crippen MR) is 100 cm³/mol. The van der Waals surface area contributed by atoms with E-state index in [1.54, 1.807) is 16.8 Å². The van der Waals surface area contributed by atoms with Gasteiger partial charge in [-0.15, -0.1) is 0 Å². The molecule has 0 aliphatic carbocycles. The normalized spacial score (nSPS) is 17.4. The molecule has 3 N–H and O–H groups in total. The molecule has 4 rings (SSSR count). The van der Waals surface area contributed by atoms with Crippen LogP contribution in [0.25, 0.3) is 11.2 Å². The van der Waals surface area contributed by atoms with Crippen LogP contribution in [0.5, 0.6) is 0 Å². The molecule has 7 nitrogen and oxygen atoms in total. The highest BCUT2D eigenvalue weighted by Crippen LogP contribution is 2.27. The van der Waals surface area contributed by atoms with Crippen LogP contribution in [0.15, 0.2) is 41.3 Å². The molecule has 0 amide bonds. The van der Waals surface area contributed by atoms with Crippen molar-refractivity contribution in [3.05, 3.63) is 58.1 Å². The average Bonchev–Trinajstić information content (AvgIpc) is 2.97. The summed E-state index contributed by atoms with van der Waals surface area (Å²) in [6.45, 7) is 1.98. The van der Waals surface area contributed by atoms with E-state index < -0.39 is 0 Å². The molecule has 1 aliphatic rings. The second-order valence-corrected chi connectivity index (χ2v) is 6.66. The molecular formula is C19H20N6O. The van der Waals surface area contributed by atoms with Gasteiger partial charge in [0.25, 0.3) is 0 Å². The van der Waals surface area contributed by atoms with Crippen molar-refractivity contribution >= 4 is 16.9 Å². The van der Waals surface area contributed by atoms with Gasteiger partial charge < -0.3 is 10.6 Å². The fourth-order valence-electron chi connectivity index (χ4n) is 3.64. The van der Waals surface area contributed by atoms with Crippen molar-refractivity contribution in [1.29, 1.82) is 5.26 Å². The zero-order chi connectivity index (χ0) is 18.1. The third-order valence-electron chi connectivity index (χ3n) is 4.91. The summed E-state index contributed by atoms with van der Waals surface area (Å²) in [7, 11) is 0. The number of pyridine rings is 1. The van der Waals surface area contributed by atoms with Crippen molar-refractivity contribution in [2.24, 2.45) is 5.73 Å². The summed E-state index contributed by atoms with van der Waals surface area (Å²) in [5.41, 5.74) is 9.57. The molecule has 3 aromatic rings. The second-order valence-electron chi connectivity index (χ2n) is 6.66. The molecule has 1 aromatic carbocycles. The van der Waals surface area contributed by atoms with Gasteiger partial charge in [0.1, 0.15) is 5.52 Å². The van der Waals surface area contributed by atoms with E-state index in [-0.39, 0.29) is 11.7 Å². The number of imidazole rings is 1. The van der Waals surface area contributed by atoms with E-state index in [2.05, 4.69) is 20.9 Å². The molecule has 1 atom stereocenters. The molecule has 0 spiro atoms. The summed E-state index contributed by atoms with van der Waals surface area (Å²) in [5.74, 6) is 0. The summed E-state index contributed by atoms with van der Waals surface area (Å²) in [6, 6.07) is 11.6. The standard InChI is InChI=1S/C19H20N6O/c20-10-13-4-1-2-5-14(13)11-25-17-16(24-9-3-6-15(21)12-24)7-8-22-18(17)23-19(25)26/h1-2,4-5,7-8,15H,3,6,9,11-12,21H2,(H,22,23,26)/t15-/m1/s1. The van der Waals surface area contributed by atoms with Crippen molar-refractivity contribution < 1.29 is 0 Å². The van der Waals surface area contributed by atoms with Gasteiger partial charge in [0.05, 0.1) is 23.9 Å². The highest BCUT2D eigenvalue weighted by Gasteiger charge is 2.22. The van der Waals surface area contributed by atoms with Crippen LogP contribution in [0.1, 0.15) is 24.0 Å². The number of nitrogens with zero attached hydrogens (tertiary/aromatic N) is 4. The Kier molecular flexibility index (Phi) is 4.19. The molecule has 7 heteroatoms. The van der Waals surface area contributed by atoms with E-state index in [1.165, 1.54) is 0 Å². The lowest BCUT2D eigenvalue weighted by Gasteiger charge is -2.33. The van der Waals surface area contributed by atoms with E-state index in [0.29, 0.717) is 17.8 Å². The number of fused-ring (bicyclic) bond motifs is 1. The summed E-state index contributed by atoms with van der Waals surface area (Å²) in [5, 5.41) is 9.34. The summed E-state index contributed by atoms with van der Waals surface area (Å²) >= 11 is 0. The Bertz CT molecular complexity index is 1040. The Morgan fingerprint density at radius 1 is 1.35 bits per heavy atom. The minimum absolute atomic E-state index is 0.130. The third kappa shape index (κ3) is 2.85. The molecule has 0 radical (unpaired) electrons. The molecule has 26 heavy (non-hydrogen) atoms. The van der Waals surface area contributed by atoms with Crippen molar-refractivity contribution in [2.45, 2.75) is 25.4 Å². The SMILES string of the molecule is N#Cc1ccccc1Cn1c(=O)[nH]c2nccc(N3CCC[C@@H](N)C3)c21. The third-order valence-corrected chi connectivity index (χ3v) is 4.91. The monoisotopic (exact) mass is 348 g/mol. The first-order valence-corrected chi connectivity index (χ1v) is 8.73. The first-order valence-electron chi connectivity index (χ1n) is 8.73. The average molecular weight is 348 g/mol. The highest BCUT2D eigenvalue weighted by atomic mass is 16.1. The lowest BCUT2D eigenvalue weighted by Crippen LogP contribution is -2.43. The zero-order valence-corrected chi connectivity index (χ0v) is 14.4. The van der Waals surface area contributed by atoms with E-state index in [1.807, 2.05) is 24.3 Å². The maximum atomic E-state index is 12.6. The number of benzene rings is 1. The van der Waals surface area contributed by atoms with E-state index in [4.69, 9.17) is 5.73 Å². The van der Waals surface area contributed by atoms with Crippen LogP contribution in [-0.2, 0) is 6.54 Å². The highest BCUT2D eigenvalue weighted by molar-refractivity contribution is 5.86. The van der Waals surface area contributed by atoms with Crippen LogP contribution in [0.2, 0.25) is 0 Å². The quantitative estimate of drug-likeness (QED) is 0.748. The Hall–Kier alpha value is -3.11. The van der Waals surface area contributed by atoms with Crippen molar-refractivity contribution in [3.8, 4) is 6.07 Å². The van der Waals surface area contributed by atoms with Gasteiger partial charge in [-0.2, -0.15) is 5.26 Å². The van der Waals surface area contributed by atoms with Crippen molar-refractivity contribution in [1.82, 2.24) is 14.5 Å². The van der Waals surface area contributed by atoms with E-state index in [9.17, 15) is 10.1 Å². The number of H-pyrrole nitrogens is 1. The number of rotatable bonds is 3. The molecular weight excluding hydrogens is 328 g/mol. The molecule has 1 fully saturated rings. The molecule has 1 aliphatic heterocycles. The first-order chi connectivity index (χ1) is 12.7. The van der Waals surface area contributed by atoms with Crippen LogP contribution in [-0.4, -0.2) is 33.7 Å². The van der Waals surface area contributed by atoms with Gasteiger partial charge in [-0.05, 0) is 30.5 Å². The number of anilines is 1. The van der Waals surface area contributed by atoms with Crippen LogP contribution >= 0.6 is 0 Å². The van der Waals surface area contributed by atoms with Gasteiger partial charge in [0, 0.05) is 25.3 Å². The van der Waals surface area contributed by atoms with Gasteiger partial charge >= 0.3 is 5.69 Å². The van der Waals surface area contributed by atoms with Gasteiger partial charge in [-0.3, -0.25) is 9.55 Å². The molecule has 2 aromatic heterocycles. The summed E-state index contributed by atoms with van der Waals surface area (Å²) < 4.78 is 1.66. The van der Waals surface area contributed by atoms with Gasteiger partial charge in [-0.25, -0.2) is 9.78 Å². The second kappa shape index (κ2) is 6.65. The summed E-state index contributed by atoms with van der Waals surface area (Å²) in [6.07, 6.45) is 3.75. The fourth-order valence-corrected chi connectivity index (χ4v) is 3.64. The number of nitrogens with one attached hydrogen (secondary N) is 1. The van der Waals surface area contributed by atoms with Crippen LogP contribution in [0.4, 0.5) is 5.69 Å². The fraction of sp³-hybridized carbons (Fsp3) is 0.316. The lowest BCUT2D eigenvalue weighted by atomic mass is 10.1. The number of aromatic nitrogens is 3. The topological polar surface area (TPSA) is 104 Å². The van der Waals surface area contributed by atoms with Crippen molar-refractivity contribution in [3.63, 3.8) is 0 Å². The number of aromatic amines is 1. The van der Waals surface area contributed by atoms with Crippen molar-refractivity contribution in [2.75, 3.05) is 18.0 Å². The minimum Gasteiger partial charge on any atom is -0.368 e. The Balaban J connectivity index is 1.83. The van der Waals surface area contributed by atoms with Gasteiger partial charge in [-0.1, -0.05) is 18.2 Å².